The van der Waals surface area contributed by atoms with E-state index in [0.717, 1.165) is 38.1 Å². The van der Waals surface area contributed by atoms with Crippen molar-refractivity contribution in [1.82, 2.24) is 20.9 Å². The van der Waals surface area contributed by atoms with Gasteiger partial charge in [0.15, 0.2) is 5.96 Å². The minimum absolute atomic E-state index is 0.138. The number of carbonyl (C=O) groups is 2. The van der Waals surface area contributed by atoms with Crippen molar-refractivity contribution in [3.05, 3.63) is 0 Å². The van der Waals surface area contributed by atoms with Gasteiger partial charge in [0, 0.05) is 45.2 Å². The van der Waals surface area contributed by atoms with Gasteiger partial charge in [-0.3, -0.25) is 9.79 Å². The van der Waals surface area contributed by atoms with E-state index in [2.05, 4.69) is 20.9 Å². The summed E-state index contributed by atoms with van der Waals surface area (Å²) in [4.78, 5) is 29.3. The number of amides is 2. The highest BCUT2D eigenvalue weighted by atomic mass is 16.6. The molecule has 8 nitrogen and oxygen atoms in total. The van der Waals surface area contributed by atoms with E-state index in [1.807, 2.05) is 6.92 Å². The molecule has 2 rings (SSSR count). The number of nitrogens with zero attached hydrogens (tertiary/aromatic N) is 2. The predicted molar refractivity (Wildman–Crippen MR) is 96.5 cm³/mol. The summed E-state index contributed by atoms with van der Waals surface area (Å²) in [6, 6.07) is 0.713. The second-order valence-electron chi connectivity index (χ2n) is 6.55. The summed E-state index contributed by atoms with van der Waals surface area (Å²) >= 11 is 0. The summed E-state index contributed by atoms with van der Waals surface area (Å²) in [5.41, 5.74) is 0. The number of nitrogens with one attached hydrogen (secondary N) is 3. The van der Waals surface area contributed by atoms with Gasteiger partial charge in [-0.2, -0.15) is 0 Å². The van der Waals surface area contributed by atoms with E-state index in [4.69, 9.17) is 4.74 Å². The number of rotatable bonds is 7. The van der Waals surface area contributed by atoms with Crippen LogP contribution in [0.4, 0.5) is 4.79 Å². The molecule has 0 atom stereocenters. The van der Waals surface area contributed by atoms with Crippen LogP contribution in [0.5, 0.6) is 0 Å². The molecule has 25 heavy (non-hydrogen) atoms. The van der Waals surface area contributed by atoms with Crippen molar-refractivity contribution >= 4 is 18.0 Å². The Kier molecular flexibility index (Phi) is 7.81. The number of guanidine groups is 1. The molecule has 0 spiro atoms. The van der Waals surface area contributed by atoms with Crippen LogP contribution < -0.4 is 16.0 Å². The van der Waals surface area contributed by atoms with Crippen LogP contribution in [0.15, 0.2) is 4.99 Å². The number of ether oxygens (including phenoxy) is 1. The van der Waals surface area contributed by atoms with Gasteiger partial charge in [0.25, 0.3) is 0 Å². The Balaban J connectivity index is 1.58. The van der Waals surface area contributed by atoms with Gasteiger partial charge in [-0.15, -0.1) is 0 Å². The molecule has 0 aromatic carbocycles. The van der Waals surface area contributed by atoms with Crippen molar-refractivity contribution in [2.24, 2.45) is 4.99 Å². The molecule has 1 saturated heterocycles. The Hall–Kier alpha value is -1.99. The topological polar surface area (TPSA) is 95.1 Å². The third-order valence-corrected chi connectivity index (χ3v) is 4.40. The molecule has 2 aliphatic rings. The molecule has 1 aliphatic carbocycles. The number of hydrogen-bond donors (Lipinski definition) is 3. The summed E-state index contributed by atoms with van der Waals surface area (Å²) in [6.07, 6.45) is 5.06. The summed E-state index contributed by atoms with van der Waals surface area (Å²) in [6.45, 7) is 4.31. The quantitative estimate of drug-likeness (QED) is 0.358. The van der Waals surface area contributed by atoms with Crippen LogP contribution in [0.2, 0.25) is 0 Å². The molecule has 1 heterocycles. The summed E-state index contributed by atoms with van der Waals surface area (Å²) in [7, 11) is 1.74. The summed E-state index contributed by atoms with van der Waals surface area (Å²) < 4.78 is 5.03. The minimum atomic E-state index is -0.229. The SMILES string of the molecule is CCOC(=O)N1CCC(NC(=NC)NCCCC(=O)NC2CC2)CC1. The zero-order chi connectivity index (χ0) is 18.1. The van der Waals surface area contributed by atoms with Crippen LogP contribution in [-0.4, -0.2) is 68.2 Å². The zero-order valence-electron chi connectivity index (χ0n) is 15.3. The predicted octanol–water partition coefficient (Wildman–Crippen LogP) is 0.831. The molecule has 0 aromatic heterocycles. The maximum Gasteiger partial charge on any atom is 0.409 e. The Morgan fingerprint density at radius 1 is 1.12 bits per heavy atom. The minimum Gasteiger partial charge on any atom is -0.450 e. The lowest BCUT2D eigenvalue weighted by molar-refractivity contribution is -0.121. The van der Waals surface area contributed by atoms with Gasteiger partial charge in [-0.1, -0.05) is 0 Å². The number of piperidine rings is 1. The Morgan fingerprint density at radius 3 is 2.40 bits per heavy atom. The molecule has 1 aliphatic heterocycles. The van der Waals surface area contributed by atoms with Crippen LogP contribution in [0, 0.1) is 0 Å². The van der Waals surface area contributed by atoms with E-state index in [0.29, 0.717) is 38.7 Å². The molecule has 2 amide bonds. The van der Waals surface area contributed by atoms with E-state index < -0.39 is 0 Å². The van der Waals surface area contributed by atoms with Crippen LogP contribution in [0.25, 0.3) is 0 Å². The maximum atomic E-state index is 11.7. The van der Waals surface area contributed by atoms with E-state index in [1.54, 1.807) is 11.9 Å². The van der Waals surface area contributed by atoms with Crippen molar-refractivity contribution in [1.29, 1.82) is 0 Å². The highest BCUT2D eigenvalue weighted by Crippen LogP contribution is 2.18. The summed E-state index contributed by atoms with van der Waals surface area (Å²) in [5, 5.41) is 9.62. The maximum absolute atomic E-state index is 11.7. The zero-order valence-corrected chi connectivity index (χ0v) is 15.3. The average molecular weight is 353 g/mol. The third-order valence-electron chi connectivity index (χ3n) is 4.40. The van der Waals surface area contributed by atoms with Crippen LogP contribution in [0.1, 0.15) is 45.4 Å². The first kappa shape index (κ1) is 19.3. The van der Waals surface area contributed by atoms with Gasteiger partial charge in [0.05, 0.1) is 6.61 Å². The normalized spacial score (nSPS) is 18.6. The molecule has 0 radical (unpaired) electrons. The Morgan fingerprint density at radius 2 is 1.80 bits per heavy atom. The number of aliphatic imine (C=N–C) groups is 1. The fourth-order valence-corrected chi connectivity index (χ4v) is 2.79. The molecule has 0 aromatic rings. The van der Waals surface area contributed by atoms with Crippen molar-refractivity contribution in [2.45, 2.75) is 57.5 Å². The fourth-order valence-electron chi connectivity index (χ4n) is 2.79. The molecule has 2 fully saturated rings. The van der Waals surface area contributed by atoms with Gasteiger partial charge < -0.3 is 25.6 Å². The first-order valence-electron chi connectivity index (χ1n) is 9.30. The van der Waals surface area contributed by atoms with E-state index >= 15 is 0 Å². The highest BCUT2D eigenvalue weighted by Gasteiger charge is 2.24. The van der Waals surface area contributed by atoms with Crippen molar-refractivity contribution in [3.8, 4) is 0 Å². The molecule has 142 valence electrons. The highest BCUT2D eigenvalue weighted by molar-refractivity contribution is 5.80. The van der Waals surface area contributed by atoms with E-state index in [9.17, 15) is 9.59 Å². The second kappa shape index (κ2) is 10.1. The monoisotopic (exact) mass is 353 g/mol. The van der Waals surface area contributed by atoms with Crippen molar-refractivity contribution < 1.29 is 14.3 Å². The Bertz CT molecular complexity index is 471. The molecular weight excluding hydrogens is 322 g/mol. The second-order valence-corrected chi connectivity index (χ2v) is 6.55. The van der Waals surface area contributed by atoms with Gasteiger partial charge in [0.1, 0.15) is 0 Å². The van der Waals surface area contributed by atoms with Crippen molar-refractivity contribution in [2.75, 3.05) is 33.3 Å². The number of likely N-dealkylation sites (tertiary alicyclic amines) is 1. The first-order valence-corrected chi connectivity index (χ1v) is 9.30. The average Bonchev–Trinajstić information content (AvgIpc) is 3.42. The van der Waals surface area contributed by atoms with Crippen LogP contribution in [-0.2, 0) is 9.53 Å². The molecule has 8 heteroatoms. The molecular formula is C17H31N5O3. The number of hydrogen-bond acceptors (Lipinski definition) is 4. The Labute approximate surface area is 149 Å². The molecule has 0 unspecified atom stereocenters. The lowest BCUT2D eigenvalue weighted by Gasteiger charge is -2.32. The third kappa shape index (κ3) is 7.19. The summed E-state index contributed by atoms with van der Waals surface area (Å²) in [5.74, 6) is 0.885. The molecule has 0 bridgehead atoms. The molecule has 1 saturated carbocycles. The van der Waals surface area contributed by atoms with Gasteiger partial charge in [0.2, 0.25) is 5.91 Å². The first-order chi connectivity index (χ1) is 12.1. The van der Waals surface area contributed by atoms with Gasteiger partial charge >= 0.3 is 6.09 Å². The lowest BCUT2D eigenvalue weighted by atomic mass is 10.1. The van der Waals surface area contributed by atoms with Crippen molar-refractivity contribution in [3.63, 3.8) is 0 Å². The molecule has 3 N–H and O–H groups in total. The largest absolute Gasteiger partial charge is 0.450 e. The number of carbonyl (C=O) groups excluding carboxylic acids is 2. The van der Waals surface area contributed by atoms with E-state index in [-0.39, 0.29) is 18.0 Å². The fraction of sp³-hybridized carbons (Fsp3) is 0.824. The van der Waals surface area contributed by atoms with Crippen LogP contribution >= 0.6 is 0 Å². The van der Waals surface area contributed by atoms with E-state index in [1.165, 1.54) is 0 Å². The smallest absolute Gasteiger partial charge is 0.409 e. The van der Waals surface area contributed by atoms with Gasteiger partial charge in [-0.25, -0.2) is 4.79 Å². The van der Waals surface area contributed by atoms with Crippen LogP contribution in [0.3, 0.4) is 0 Å². The standard InChI is InChI=1S/C17H31N5O3/c1-3-25-17(24)22-11-8-14(9-12-22)21-16(18-2)19-10-4-5-15(23)20-13-6-7-13/h13-14H,3-12H2,1-2H3,(H,20,23)(H2,18,19,21). The van der Waals surface area contributed by atoms with Gasteiger partial charge in [-0.05, 0) is 39.0 Å². The lowest BCUT2D eigenvalue weighted by Crippen LogP contribution is -2.50.